The number of β-amino-alcohol motifs (C(OH)–C–C–N with tert-alkyl or cyclic N) is 1. The van der Waals surface area contributed by atoms with E-state index in [1.54, 1.807) is 12.3 Å². The first-order valence-electron chi connectivity index (χ1n) is 15.2. The van der Waals surface area contributed by atoms with Crippen LogP contribution >= 0.6 is 11.3 Å². The zero-order valence-electron chi connectivity index (χ0n) is 25.9. The van der Waals surface area contributed by atoms with Crippen molar-refractivity contribution in [2.24, 2.45) is 0 Å². The number of thiazole rings is 1. The number of carbonyl (C=O) groups excluding carboxylic acids is 2. The summed E-state index contributed by atoms with van der Waals surface area (Å²) in [6.07, 6.45) is 5.22. The van der Waals surface area contributed by atoms with Crippen molar-refractivity contribution in [3.63, 3.8) is 0 Å². The molecule has 6 rings (SSSR count). The first-order chi connectivity index (χ1) is 21.5. The van der Waals surface area contributed by atoms with Crippen LogP contribution in [0.4, 0.5) is 21.4 Å². The van der Waals surface area contributed by atoms with Crippen LogP contribution in [0.15, 0.2) is 35.1 Å². The van der Waals surface area contributed by atoms with Gasteiger partial charge >= 0.3 is 6.09 Å². The molecule has 2 amide bonds. The number of fused-ring (bicyclic) bond motifs is 1. The maximum Gasteiger partial charge on any atom is 0.407 e. The number of amides is 2. The van der Waals surface area contributed by atoms with Gasteiger partial charge in [-0.25, -0.2) is 14.8 Å². The number of rotatable bonds is 6. The molecule has 2 aliphatic heterocycles. The number of nitrogens with one attached hydrogen (secondary N) is 2. The summed E-state index contributed by atoms with van der Waals surface area (Å²) in [4.78, 5) is 48.4. The second kappa shape index (κ2) is 12.6. The predicted molar refractivity (Wildman–Crippen MR) is 172 cm³/mol. The van der Waals surface area contributed by atoms with Gasteiger partial charge < -0.3 is 34.7 Å². The van der Waals surface area contributed by atoms with Gasteiger partial charge in [0.25, 0.3) is 5.91 Å². The molecule has 238 valence electrons. The SMILES string of the molecule is Cc1cc(-c2nc(C(=O)Nc3cc4sc(N5CCCC(O)C5)nc4nc3N3CCC(NC(=O)OC(C)(C)C)CC3)co2)ccn1. The van der Waals surface area contributed by atoms with E-state index >= 15 is 0 Å². The van der Waals surface area contributed by atoms with Crippen molar-refractivity contribution in [3.8, 4) is 11.5 Å². The van der Waals surface area contributed by atoms with E-state index in [2.05, 4.69) is 30.4 Å². The molecular weight excluding hydrogens is 596 g/mol. The van der Waals surface area contributed by atoms with Crippen LogP contribution in [0.25, 0.3) is 21.8 Å². The molecule has 6 heterocycles. The summed E-state index contributed by atoms with van der Waals surface area (Å²) in [5.41, 5.74) is 2.22. The summed E-state index contributed by atoms with van der Waals surface area (Å²) in [7, 11) is 0. The number of anilines is 3. The summed E-state index contributed by atoms with van der Waals surface area (Å²) < 4.78 is 11.9. The largest absolute Gasteiger partial charge is 0.444 e. The van der Waals surface area contributed by atoms with Gasteiger partial charge in [0.05, 0.1) is 16.5 Å². The Hall–Kier alpha value is -4.30. The Labute approximate surface area is 265 Å². The molecule has 0 radical (unpaired) electrons. The van der Waals surface area contributed by atoms with Gasteiger partial charge in [-0.3, -0.25) is 9.78 Å². The molecule has 14 heteroatoms. The van der Waals surface area contributed by atoms with Crippen molar-refractivity contribution in [1.82, 2.24) is 25.3 Å². The Balaban J connectivity index is 1.25. The van der Waals surface area contributed by atoms with Gasteiger partial charge in [0.2, 0.25) is 5.89 Å². The van der Waals surface area contributed by atoms with E-state index in [1.807, 2.05) is 39.8 Å². The summed E-state index contributed by atoms with van der Waals surface area (Å²) in [5.74, 6) is 0.494. The van der Waals surface area contributed by atoms with Gasteiger partial charge in [-0.15, -0.1) is 0 Å². The molecule has 0 aromatic carbocycles. The number of oxazole rings is 1. The molecule has 0 spiro atoms. The molecule has 13 nitrogen and oxygen atoms in total. The first kappa shape index (κ1) is 30.7. The lowest BCUT2D eigenvalue weighted by Crippen LogP contribution is -2.46. The van der Waals surface area contributed by atoms with Crippen LogP contribution in [0.5, 0.6) is 0 Å². The van der Waals surface area contributed by atoms with E-state index in [0.717, 1.165) is 40.5 Å². The molecule has 0 saturated carbocycles. The molecule has 45 heavy (non-hydrogen) atoms. The van der Waals surface area contributed by atoms with E-state index in [-0.39, 0.29) is 17.8 Å². The standard InChI is InChI=1S/C31H38N8O5S/c1-18-14-19(7-10-32-18)28-35-23(17-43-28)27(41)34-22-15-24-25(37-29(45-24)39-11-5-6-21(40)16-39)36-26(22)38-12-8-20(9-13-38)33-30(42)44-31(2,3)4/h7,10,14-15,17,20-21,40H,5-6,8-9,11-13,16H2,1-4H3,(H,33,42)(H,34,41). The Morgan fingerprint density at radius 1 is 1.09 bits per heavy atom. The molecule has 1 unspecified atom stereocenters. The third kappa shape index (κ3) is 7.34. The fourth-order valence-electron chi connectivity index (χ4n) is 5.52. The van der Waals surface area contributed by atoms with Crippen molar-refractivity contribution >= 4 is 50.3 Å². The Morgan fingerprint density at radius 2 is 1.89 bits per heavy atom. The van der Waals surface area contributed by atoms with Crippen LogP contribution in [-0.4, -0.2) is 81.0 Å². The minimum absolute atomic E-state index is 0.0420. The number of ether oxygens (including phenoxy) is 1. The van der Waals surface area contributed by atoms with E-state index in [9.17, 15) is 14.7 Å². The number of aliphatic hydroxyl groups is 1. The fraction of sp³-hybridized carbons (Fsp3) is 0.484. The van der Waals surface area contributed by atoms with Crippen LogP contribution in [-0.2, 0) is 4.74 Å². The fourth-order valence-corrected chi connectivity index (χ4v) is 6.51. The third-order valence-corrected chi connectivity index (χ3v) is 8.71. The third-order valence-electron chi connectivity index (χ3n) is 7.66. The van der Waals surface area contributed by atoms with E-state index < -0.39 is 17.6 Å². The molecule has 3 N–H and O–H groups in total. The average Bonchev–Trinajstić information content (AvgIpc) is 3.64. The quantitative estimate of drug-likeness (QED) is 0.269. The molecule has 4 aromatic heterocycles. The Morgan fingerprint density at radius 3 is 2.62 bits per heavy atom. The minimum Gasteiger partial charge on any atom is -0.444 e. The number of aliphatic hydroxyl groups excluding tert-OH is 1. The highest BCUT2D eigenvalue weighted by Gasteiger charge is 2.28. The van der Waals surface area contributed by atoms with E-state index in [0.29, 0.717) is 55.5 Å². The van der Waals surface area contributed by atoms with Crippen molar-refractivity contribution in [2.75, 3.05) is 41.3 Å². The summed E-state index contributed by atoms with van der Waals surface area (Å²) in [6.45, 7) is 9.94. The number of hydrogen-bond donors (Lipinski definition) is 3. The number of alkyl carbamates (subject to hydrolysis) is 1. The van der Waals surface area contributed by atoms with Crippen LogP contribution in [0.2, 0.25) is 0 Å². The number of pyridine rings is 2. The lowest BCUT2D eigenvalue weighted by molar-refractivity contribution is 0.0497. The van der Waals surface area contributed by atoms with E-state index in [1.165, 1.54) is 17.6 Å². The number of aryl methyl sites for hydroxylation is 1. The second-order valence-electron chi connectivity index (χ2n) is 12.5. The van der Waals surface area contributed by atoms with Gasteiger partial charge in [-0.1, -0.05) is 11.3 Å². The Bertz CT molecular complexity index is 1690. The highest BCUT2D eigenvalue weighted by molar-refractivity contribution is 7.22. The Kier molecular flexibility index (Phi) is 8.60. The van der Waals surface area contributed by atoms with Gasteiger partial charge in [-0.2, -0.15) is 4.98 Å². The van der Waals surface area contributed by atoms with Crippen molar-refractivity contribution in [3.05, 3.63) is 42.0 Å². The molecule has 0 aliphatic carbocycles. The molecular formula is C31H38N8O5S. The maximum absolute atomic E-state index is 13.5. The zero-order chi connectivity index (χ0) is 31.7. The summed E-state index contributed by atoms with van der Waals surface area (Å²) in [5, 5.41) is 17.0. The molecule has 4 aromatic rings. The summed E-state index contributed by atoms with van der Waals surface area (Å²) in [6, 6.07) is 5.48. The van der Waals surface area contributed by atoms with Crippen LogP contribution < -0.4 is 20.4 Å². The van der Waals surface area contributed by atoms with Crippen LogP contribution in [0.1, 0.15) is 62.6 Å². The highest BCUT2D eigenvalue weighted by atomic mass is 32.1. The normalized spacial score (nSPS) is 17.8. The average molecular weight is 635 g/mol. The highest BCUT2D eigenvalue weighted by Crippen LogP contribution is 2.36. The monoisotopic (exact) mass is 634 g/mol. The van der Waals surface area contributed by atoms with Crippen LogP contribution in [0, 0.1) is 6.92 Å². The van der Waals surface area contributed by atoms with Crippen molar-refractivity contribution < 1.29 is 23.8 Å². The number of hydrogen-bond acceptors (Lipinski definition) is 12. The second-order valence-corrected chi connectivity index (χ2v) is 13.5. The maximum atomic E-state index is 13.5. The minimum atomic E-state index is -0.572. The molecule has 2 fully saturated rings. The number of piperidine rings is 2. The zero-order valence-corrected chi connectivity index (χ0v) is 26.7. The predicted octanol–water partition coefficient (Wildman–Crippen LogP) is 4.76. The lowest BCUT2D eigenvalue weighted by atomic mass is 10.1. The smallest absolute Gasteiger partial charge is 0.407 e. The molecule has 2 aliphatic rings. The molecule has 1 atom stereocenters. The topological polar surface area (TPSA) is 159 Å². The van der Waals surface area contributed by atoms with Crippen molar-refractivity contribution in [2.45, 2.75) is 71.1 Å². The van der Waals surface area contributed by atoms with Crippen molar-refractivity contribution in [1.29, 1.82) is 0 Å². The molecule has 0 bridgehead atoms. The van der Waals surface area contributed by atoms with Gasteiger partial charge in [0.1, 0.15) is 11.9 Å². The van der Waals surface area contributed by atoms with Gasteiger partial charge in [0, 0.05) is 49.7 Å². The summed E-state index contributed by atoms with van der Waals surface area (Å²) >= 11 is 1.48. The van der Waals surface area contributed by atoms with Gasteiger partial charge in [-0.05, 0) is 71.6 Å². The number of nitrogens with zero attached hydrogens (tertiary/aromatic N) is 6. The number of aromatic nitrogens is 4. The van der Waals surface area contributed by atoms with E-state index in [4.69, 9.17) is 19.1 Å². The lowest BCUT2D eigenvalue weighted by Gasteiger charge is -2.34. The molecule has 2 saturated heterocycles. The van der Waals surface area contributed by atoms with Crippen LogP contribution in [0.3, 0.4) is 0 Å². The van der Waals surface area contributed by atoms with Gasteiger partial charge in [0.15, 0.2) is 22.3 Å². The first-order valence-corrected chi connectivity index (χ1v) is 16.0. The number of carbonyl (C=O) groups is 2.